The lowest BCUT2D eigenvalue weighted by molar-refractivity contribution is -0.137. The van der Waals surface area contributed by atoms with Gasteiger partial charge in [0.2, 0.25) is 5.78 Å². The molecule has 2 heterocycles. The summed E-state index contributed by atoms with van der Waals surface area (Å²) < 4.78 is 8.04. The fourth-order valence-corrected chi connectivity index (χ4v) is 3.18. The number of nitrogens with one attached hydrogen (secondary N) is 1. The van der Waals surface area contributed by atoms with E-state index in [1.54, 1.807) is 36.4 Å². The van der Waals surface area contributed by atoms with E-state index in [1.165, 1.54) is 12.3 Å². The van der Waals surface area contributed by atoms with Gasteiger partial charge in [-0.05, 0) is 17.7 Å². The Labute approximate surface area is 169 Å². The van der Waals surface area contributed by atoms with Gasteiger partial charge >= 0.3 is 0 Å². The maximum Gasteiger partial charge on any atom is 0.287 e. The van der Waals surface area contributed by atoms with E-state index in [2.05, 4.69) is 19.0 Å². The van der Waals surface area contributed by atoms with Gasteiger partial charge in [0, 0.05) is 12.6 Å². The molecule has 0 aliphatic carbocycles. The van der Waals surface area contributed by atoms with E-state index in [9.17, 15) is 19.6 Å². The Morgan fingerprint density at radius 2 is 1.86 bits per heavy atom. The van der Waals surface area contributed by atoms with Crippen LogP contribution in [0, 0.1) is 11.3 Å². The minimum absolute atomic E-state index is 0.0777. The van der Waals surface area contributed by atoms with Gasteiger partial charge in [-0.3, -0.25) is 19.4 Å². The Bertz CT molecular complexity index is 1110. The standard InChI is InChI=1S/C19H14N6O3S/c20-10-12-7-4-8-22-14(12)15-16(25-29-24-15)19(28)23-13(17(26)18(21)27)9-11-5-2-1-3-6-11/h1-8,13H,9H2,(H2,21,27)(H,23,28). The predicted molar refractivity (Wildman–Crippen MR) is 103 cm³/mol. The number of nitriles is 1. The van der Waals surface area contributed by atoms with Crippen LogP contribution in [-0.2, 0) is 16.0 Å². The number of ketones is 1. The van der Waals surface area contributed by atoms with Crippen molar-refractivity contribution in [3.63, 3.8) is 0 Å². The van der Waals surface area contributed by atoms with Gasteiger partial charge in [0.25, 0.3) is 11.8 Å². The van der Waals surface area contributed by atoms with Gasteiger partial charge in [0.15, 0.2) is 5.69 Å². The molecule has 10 heteroatoms. The third-order valence-corrected chi connectivity index (χ3v) is 4.53. The molecule has 2 amide bonds. The molecule has 1 unspecified atom stereocenters. The topological polar surface area (TPSA) is 152 Å². The van der Waals surface area contributed by atoms with Crippen LogP contribution < -0.4 is 11.1 Å². The Morgan fingerprint density at radius 3 is 2.55 bits per heavy atom. The fourth-order valence-electron chi connectivity index (χ4n) is 2.63. The largest absolute Gasteiger partial charge is 0.363 e. The molecule has 0 bridgehead atoms. The molecule has 0 saturated carbocycles. The van der Waals surface area contributed by atoms with Gasteiger partial charge in [0.1, 0.15) is 23.5 Å². The molecular weight excluding hydrogens is 392 g/mol. The highest BCUT2D eigenvalue weighted by Gasteiger charge is 2.29. The average molecular weight is 406 g/mol. The number of amides is 2. The first kappa shape index (κ1) is 19.8. The molecule has 0 radical (unpaired) electrons. The third kappa shape index (κ3) is 4.48. The first-order valence-electron chi connectivity index (χ1n) is 8.37. The van der Waals surface area contributed by atoms with Crippen molar-refractivity contribution < 1.29 is 14.4 Å². The second-order valence-corrected chi connectivity index (χ2v) is 6.45. The number of primary amides is 1. The fraction of sp³-hybridized carbons (Fsp3) is 0.105. The molecule has 0 aliphatic rings. The lowest BCUT2D eigenvalue weighted by atomic mass is 10.0. The zero-order valence-electron chi connectivity index (χ0n) is 14.9. The highest BCUT2D eigenvalue weighted by atomic mass is 32.1. The smallest absolute Gasteiger partial charge is 0.287 e. The zero-order valence-corrected chi connectivity index (χ0v) is 15.7. The summed E-state index contributed by atoms with van der Waals surface area (Å²) in [5.41, 5.74) is 6.32. The molecule has 0 fully saturated rings. The molecule has 3 aromatic rings. The molecule has 3 N–H and O–H groups in total. The number of aromatic nitrogens is 3. The third-order valence-electron chi connectivity index (χ3n) is 4.00. The van der Waals surface area contributed by atoms with Crippen molar-refractivity contribution in [3.8, 4) is 17.5 Å². The molecule has 9 nitrogen and oxygen atoms in total. The number of nitrogens with zero attached hydrogens (tertiary/aromatic N) is 4. The van der Waals surface area contributed by atoms with Crippen molar-refractivity contribution in [2.24, 2.45) is 5.73 Å². The van der Waals surface area contributed by atoms with E-state index in [1.807, 2.05) is 6.07 Å². The van der Waals surface area contributed by atoms with Crippen molar-refractivity contribution in [2.75, 3.05) is 0 Å². The Balaban J connectivity index is 1.89. The number of pyridine rings is 1. The molecular formula is C19H14N6O3S. The van der Waals surface area contributed by atoms with Gasteiger partial charge in [-0.2, -0.15) is 14.0 Å². The van der Waals surface area contributed by atoms with Gasteiger partial charge in [0.05, 0.1) is 17.3 Å². The highest BCUT2D eigenvalue weighted by molar-refractivity contribution is 6.99. The monoisotopic (exact) mass is 406 g/mol. The lowest BCUT2D eigenvalue weighted by Crippen LogP contribution is -2.47. The Hall–Kier alpha value is -3.97. The Morgan fingerprint density at radius 1 is 1.10 bits per heavy atom. The van der Waals surface area contributed by atoms with E-state index < -0.39 is 23.6 Å². The van der Waals surface area contributed by atoms with Crippen molar-refractivity contribution in [3.05, 3.63) is 65.5 Å². The molecule has 0 aliphatic heterocycles. The summed E-state index contributed by atoms with van der Waals surface area (Å²) in [7, 11) is 0. The summed E-state index contributed by atoms with van der Waals surface area (Å²) in [6.07, 6.45) is 1.54. The van der Waals surface area contributed by atoms with Crippen LogP contribution in [0.4, 0.5) is 0 Å². The van der Waals surface area contributed by atoms with E-state index in [0.717, 1.165) is 17.3 Å². The second kappa shape index (κ2) is 8.81. The summed E-state index contributed by atoms with van der Waals surface area (Å²) in [5, 5.41) is 11.8. The molecule has 0 saturated heterocycles. The number of hydrogen-bond acceptors (Lipinski definition) is 8. The molecule has 144 valence electrons. The van der Waals surface area contributed by atoms with Gasteiger partial charge in [-0.15, -0.1) is 0 Å². The van der Waals surface area contributed by atoms with E-state index in [0.29, 0.717) is 0 Å². The highest BCUT2D eigenvalue weighted by Crippen LogP contribution is 2.23. The summed E-state index contributed by atoms with van der Waals surface area (Å²) >= 11 is 0.768. The lowest BCUT2D eigenvalue weighted by Gasteiger charge is -2.16. The minimum Gasteiger partial charge on any atom is -0.363 e. The number of hydrogen-bond donors (Lipinski definition) is 2. The van der Waals surface area contributed by atoms with Crippen LogP contribution in [0.5, 0.6) is 0 Å². The number of carbonyl (C=O) groups excluding carboxylic acids is 3. The van der Waals surface area contributed by atoms with Crippen molar-refractivity contribution >= 4 is 29.3 Å². The number of benzene rings is 1. The molecule has 3 rings (SSSR count). The summed E-state index contributed by atoms with van der Waals surface area (Å²) in [6.45, 7) is 0. The van der Waals surface area contributed by atoms with Crippen LogP contribution in [0.2, 0.25) is 0 Å². The zero-order chi connectivity index (χ0) is 20.8. The van der Waals surface area contributed by atoms with E-state index in [-0.39, 0.29) is 29.1 Å². The SMILES string of the molecule is N#Cc1cccnc1-c1nsnc1C(=O)NC(Cc1ccccc1)C(=O)C(N)=O. The molecule has 0 spiro atoms. The molecule has 29 heavy (non-hydrogen) atoms. The summed E-state index contributed by atoms with van der Waals surface area (Å²) in [4.78, 5) is 40.6. The van der Waals surface area contributed by atoms with Crippen LogP contribution in [0.15, 0.2) is 48.7 Å². The summed E-state index contributed by atoms with van der Waals surface area (Å²) in [5.74, 6) is -2.80. The van der Waals surface area contributed by atoms with Gasteiger partial charge in [-0.1, -0.05) is 30.3 Å². The Kier molecular flexibility index (Phi) is 6.01. The van der Waals surface area contributed by atoms with Crippen molar-refractivity contribution in [1.29, 1.82) is 5.26 Å². The van der Waals surface area contributed by atoms with Crippen molar-refractivity contribution in [1.82, 2.24) is 19.0 Å². The predicted octanol–water partition coefficient (Wildman–Crippen LogP) is 0.867. The molecule has 1 atom stereocenters. The second-order valence-electron chi connectivity index (χ2n) is 5.92. The normalized spacial score (nSPS) is 11.3. The maximum absolute atomic E-state index is 12.8. The summed E-state index contributed by atoms with van der Waals surface area (Å²) in [6, 6.07) is 12.8. The molecule has 2 aromatic heterocycles. The van der Waals surface area contributed by atoms with Crippen LogP contribution in [0.3, 0.4) is 0 Å². The number of nitrogens with two attached hydrogens (primary N) is 1. The van der Waals surface area contributed by atoms with Crippen LogP contribution in [0.25, 0.3) is 11.4 Å². The first-order valence-corrected chi connectivity index (χ1v) is 9.10. The van der Waals surface area contributed by atoms with Gasteiger partial charge in [-0.25, -0.2) is 0 Å². The van der Waals surface area contributed by atoms with E-state index >= 15 is 0 Å². The molecule has 1 aromatic carbocycles. The quantitative estimate of drug-likeness (QED) is 0.552. The van der Waals surface area contributed by atoms with Crippen LogP contribution in [0.1, 0.15) is 21.6 Å². The van der Waals surface area contributed by atoms with Crippen LogP contribution in [-0.4, -0.2) is 37.4 Å². The van der Waals surface area contributed by atoms with Crippen LogP contribution >= 0.6 is 11.7 Å². The van der Waals surface area contributed by atoms with E-state index in [4.69, 9.17) is 5.73 Å². The maximum atomic E-state index is 12.8. The first-order chi connectivity index (χ1) is 14.0. The average Bonchev–Trinajstić information content (AvgIpc) is 3.23. The number of rotatable bonds is 7. The minimum atomic E-state index is -1.17. The van der Waals surface area contributed by atoms with Gasteiger partial charge < -0.3 is 11.1 Å². The number of Topliss-reactive ketones (excluding diaryl/α,β-unsaturated/α-hetero) is 1. The number of carbonyl (C=O) groups is 3. The van der Waals surface area contributed by atoms with Crippen molar-refractivity contribution in [2.45, 2.75) is 12.5 Å².